The maximum atomic E-state index is 9.02. The Hall–Kier alpha value is -0.380. The van der Waals surface area contributed by atoms with Crippen LogP contribution in [0.3, 0.4) is 0 Å². The molecule has 10 heavy (non-hydrogen) atoms. The average Bonchev–Trinajstić information content (AvgIpc) is 1.98. The van der Waals surface area contributed by atoms with Crippen LogP contribution in [0.1, 0.15) is 12.8 Å². The normalized spacial score (nSPS) is 16.3. The predicted molar refractivity (Wildman–Crippen MR) is 38.5 cm³/mol. The highest BCUT2D eigenvalue weighted by Gasteiger charge is 2.10. The molecule has 3 nitrogen and oxygen atoms in total. The quantitative estimate of drug-likeness (QED) is 0.465. The molecule has 3 heteroatoms. The summed E-state index contributed by atoms with van der Waals surface area (Å²) in [4.78, 5) is 0. The van der Waals surface area contributed by atoms with Gasteiger partial charge in [0.15, 0.2) is 0 Å². The summed E-state index contributed by atoms with van der Waals surface area (Å²) in [6.45, 7) is 3.36. The SMILES string of the molecule is C=CC(O)[C@H](O)CCCO. The van der Waals surface area contributed by atoms with Crippen molar-refractivity contribution in [3.8, 4) is 0 Å². The summed E-state index contributed by atoms with van der Waals surface area (Å²) in [7, 11) is 0. The van der Waals surface area contributed by atoms with E-state index in [4.69, 9.17) is 15.3 Å². The largest absolute Gasteiger partial charge is 0.396 e. The van der Waals surface area contributed by atoms with E-state index in [1.165, 1.54) is 6.08 Å². The van der Waals surface area contributed by atoms with Crippen LogP contribution >= 0.6 is 0 Å². The molecule has 2 atom stereocenters. The maximum Gasteiger partial charge on any atom is 0.0977 e. The van der Waals surface area contributed by atoms with Crippen LogP contribution in [-0.2, 0) is 0 Å². The van der Waals surface area contributed by atoms with Gasteiger partial charge in [-0.25, -0.2) is 0 Å². The second-order valence-corrected chi connectivity index (χ2v) is 2.16. The Balaban J connectivity index is 3.40. The first-order valence-corrected chi connectivity index (χ1v) is 3.32. The van der Waals surface area contributed by atoms with E-state index in [1.807, 2.05) is 0 Å². The lowest BCUT2D eigenvalue weighted by Gasteiger charge is -2.12. The molecule has 60 valence electrons. The summed E-state index contributed by atoms with van der Waals surface area (Å²) in [6, 6.07) is 0. The topological polar surface area (TPSA) is 60.7 Å². The number of aliphatic hydroxyl groups excluding tert-OH is 3. The molecule has 0 saturated heterocycles. The molecular weight excluding hydrogens is 132 g/mol. The van der Waals surface area contributed by atoms with Gasteiger partial charge in [0.2, 0.25) is 0 Å². The first-order chi connectivity index (χ1) is 4.72. The number of aliphatic hydroxyl groups is 3. The van der Waals surface area contributed by atoms with E-state index in [-0.39, 0.29) is 6.61 Å². The zero-order valence-electron chi connectivity index (χ0n) is 5.90. The molecular formula is C7H14O3. The van der Waals surface area contributed by atoms with Crippen LogP contribution in [0, 0.1) is 0 Å². The van der Waals surface area contributed by atoms with Crippen LogP contribution in [0.4, 0.5) is 0 Å². The lowest BCUT2D eigenvalue weighted by molar-refractivity contribution is 0.0389. The van der Waals surface area contributed by atoms with Gasteiger partial charge in [0.05, 0.1) is 12.2 Å². The standard InChI is InChI=1S/C7H14O3/c1-2-6(9)7(10)4-3-5-8/h2,6-10H,1,3-5H2/t6?,7-/m1/s1. The fourth-order valence-corrected chi connectivity index (χ4v) is 0.628. The fourth-order valence-electron chi connectivity index (χ4n) is 0.628. The third kappa shape index (κ3) is 3.61. The maximum absolute atomic E-state index is 9.02. The number of hydrogen-bond acceptors (Lipinski definition) is 3. The van der Waals surface area contributed by atoms with Gasteiger partial charge in [-0.1, -0.05) is 6.08 Å². The minimum absolute atomic E-state index is 0.0426. The van der Waals surface area contributed by atoms with Gasteiger partial charge >= 0.3 is 0 Å². The molecule has 0 aliphatic carbocycles. The molecule has 0 bridgehead atoms. The van der Waals surface area contributed by atoms with Crippen LogP contribution in [0.15, 0.2) is 12.7 Å². The second kappa shape index (κ2) is 5.41. The Bertz CT molecular complexity index is 92.9. The van der Waals surface area contributed by atoms with Crippen LogP contribution in [-0.4, -0.2) is 34.1 Å². The van der Waals surface area contributed by atoms with Gasteiger partial charge in [-0.05, 0) is 12.8 Å². The monoisotopic (exact) mass is 146 g/mol. The summed E-state index contributed by atoms with van der Waals surface area (Å²) >= 11 is 0. The summed E-state index contributed by atoms with van der Waals surface area (Å²) in [5, 5.41) is 26.3. The predicted octanol–water partition coefficient (Wildman–Crippen LogP) is -0.333. The van der Waals surface area contributed by atoms with Gasteiger partial charge in [-0.3, -0.25) is 0 Å². The first kappa shape index (κ1) is 9.62. The van der Waals surface area contributed by atoms with Crippen molar-refractivity contribution >= 4 is 0 Å². The van der Waals surface area contributed by atoms with Crippen LogP contribution < -0.4 is 0 Å². The highest BCUT2D eigenvalue weighted by molar-refractivity contribution is 4.83. The van der Waals surface area contributed by atoms with Crippen molar-refractivity contribution in [3.63, 3.8) is 0 Å². The van der Waals surface area contributed by atoms with Crippen molar-refractivity contribution in [2.24, 2.45) is 0 Å². The van der Waals surface area contributed by atoms with Gasteiger partial charge in [0.1, 0.15) is 0 Å². The molecule has 3 N–H and O–H groups in total. The summed E-state index contributed by atoms with van der Waals surface area (Å²) in [5.74, 6) is 0. The highest BCUT2D eigenvalue weighted by Crippen LogP contribution is 2.01. The molecule has 1 unspecified atom stereocenters. The number of hydrogen-bond donors (Lipinski definition) is 3. The van der Waals surface area contributed by atoms with Gasteiger partial charge in [-0.2, -0.15) is 0 Å². The third-order valence-corrected chi connectivity index (χ3v) is 1.29. The van der Waals surface area contributed by atoms with Crippen LogP contribution in [0.25, 0.3) is 0 Å². The van der Waals surface area contributed by atoms with Crippen molar-refractivity contribution < 1.29 is 15.3 Å². The summed E-state index contributed by atoms with van der Waals surface area (Å²) < 4.78 is 0. The molecule has 0 aromatic carbocycles. The van der Waals surface area contributed by atoms with Crippen molar-refractivity contribution in [2.75, 3.05) is 6.61 Å². The molecule has 0 aromatic rings. The Morgan fingerprint density at radius 2 is 2.00 bits per heavy atom. The van der Waals surface area contributed by atoms with E-state index >= 15 is 0 Å². The molecule has 0 aliphatic rings. The minimum Gasteiger partial charge on any atom is -0.396 e. The Labute approximate surface area is 60.6 Å². The van der Waals surface area contributed by atoms with E-state index in [1.54, 1.807) is 0 Å². The fraction of sp³-hybridized carbons (Fsp3) is 0.714. The lowest BCUT2D eigenvalue weighted by atomic mass is 10.1. The van der Waals surface area contributed by atoms with Gasteiger partial charge < -0.3 is 15.3 Å². The van der Waals surface area contributed by atoms with Crippen molar-refractivity contribution in [1.82, 2.24) is 0 Å². The molecule has 0 heterocycles. The molecule has 0 fully saturated rings. The molecule has 0 spiro atoms. The Morgan fingerprint density at radius 3 is 2.40 bits per heavy atom. The Kier molecular flexibility index (Phi) is 5.20. The highest BCUT2D eigenvalue weighted by atomic mass is 16.3. The minimum atomic E-state index is -0.869. The summed E-state index contributed by atoms with van der Waals surface area (Å²) in [5.41, 5.74) is 0. The van der Waals surface area contributed by atoms with E-state index in [0.717, 1.165) is 0 Å². The third-order valence-electron chi connectivity index (χ3n) is 1.29. The molecule has 0 saturated carbocycles. The molecule has 0 aliphatic heterocycles. The second-order valence-electron chi connectivity index (χ2n) is 2.16. The average molecular weight is 146 g/mol. The van der Waals surface area contributed by atoms with Gasteiger partial charge in [0, 0.05) is 6.61 Å². The summed E-state index contributed by atoms with van der Waals surface area (Å²) in [6.07, 6.45) is 0.536. The van der Waals surface area contributed by atoms with Crippen LogP contribution in [0.2, 0.25) is 0 Å². The van der Waals surface area contributed by atoms with E-state index in [9.17, 15) is 0 Å². The molecule has 0 amide bonds. The first-order valence-electron chi connectivity index (χ1n) is 3.32. The lowest BCUT2D eigenvalue weighted by Crippen LogP contribution is -2.23. The van der Waals surface area contributed by atoms with Crippen LogP contribution in [0.5, 0.6) is 0 Å². The van der Waals surface area contributed by atoms with E-state index in [2.05, 4.69) is 6.58 Å². The zero-order chi connectivity index (χ0) is 7.98. The molecule has 0 radical (unpaired) electrons. The van der Waals surface area contributed by atoms with Crippen molar-refractivity contribution in [1.29, 1.82) is 0 Å². The van der Waals surface area contributed by atoms with E-state index in [0.29, 0.717) is 12.8 Å². The van der Waals surface area contributed by atoms with Crippen molar-refractivity contribution in [3.05, 3.63) is 12.7 Å². The van der Waals surface area contributed by atoms with Gasteiger partial charge in [-0.15, -0.1) is 6.58 Å². The van der Waals surface area contributed by atoms with E-state index < -0.39 is 12.2 Å². The van der Waals surface area contributed by atoms with Gasteiger partial charge in [0.25, 0.3) is 0 Å². The number of rotatable bonds is 5. The smallest absolute Gasteiger partial charge is 0.0977 e. The zero-order valence-corrected chi connectivity index (χ0v) is 5.90. The Morgan fingerprint density at radius 1 is 1.40 bits per heavy atom. The molecule has 0 rings (SSSR count). The molecule has 0 aromatic heterocycles. The van der Waals surface area contributed by atoms with Crippen molar-refractivity contribution in [2.45, 2.75) is 25.0 Å².